The summed E-state index contributed by atoms with van der Waals surface area (Å²) < 4.78 is 63.2. The van der Waals surface area contributed by atoms with Crippen LogP contribution in [0.3, 0.4) is 0 Å². The number of nitrogens with one attached hydrogen (secondary N) is 1. The molecule has 2 aromatic rings. The van der Waals surface area contributed by atoms with Gasteiger partial charge in [-0.15, -0.1) is 11.3 Å². The highest BCUT2D eigenvalue weighted by atomic mass is 32.1. The van der Waals surface area contributed by atoms with Gasteiger partial charge in [0.2, 0.25) is 0 Å². The first-order valence-corrected chi connectivity index (χ1v) is 6.97. The Labute approximate surface area is 122 Å². The van der Waals surface area contributed by atoms with E-state index in [0.29, 0.717) is 16.0 Å². The molecule has 1 N–H and O–H groups in total. The van der Waals surface area contributed by atoms with Crippen LogP contribution in [0.1, 0.15) is 5.56 Å². The van der Waals surface area contributed by atoms with Crippen LogP contribution < -0.4 is 5.32 Å². The van der Waals surface area contributed by atoms with Crippen LogP contribution in [0.4, 0.5) is 22.0 Å². The van der Waals surface area contributed by atoms with Crippen molar-refractivity contribution in [1.82, 2.24) is 5.32 Å². The Balaban J connectivity index is 2.04. The summed E-state index contributed by atoms with van der Waals surface area (Å²) in [4.78, 5) is 0.715. The lowest BCUT2D eigenvalue weighted by Gasteiger charge is -2.16. The molecular formula is C14H12F5NS. The molecule has 0 aliphatic rings. The molecule has 0 bridgehead atoms. The van der Waals surface area contributed by atoms with Gasteiger partial charge < -0.3 is 5.32 Å². The predicted molar refractivity (Wildman–Crippen MR) is 72.4 cm³/mol. The minimum absolute atomic E-state index is 0.0407. The SMILES string of the molecule is Fc1ccc(CNCC(F)(F)C(F)F)cc1-c1cccs1. The van der Waals surface area contributed by atoms with Crippen LogP contribution in [0.5, 0.6) is 0 Å². The molecule has 1 aromatic heterocycles. The highest BCUT2D eigenvalue weighted by Gasteiger charge is 2.39. The van der Waals surface area contributed by atoms with E-state index in [-0.39, 0.29) is 6.54 Å². The molecule has 0 aliphatic heterocycles. The number of halogens is 5. The summed E-state index contributed by atoms with van der Waals surface area (Å²) in [5, 5.41) is 4.06. The average Bonchev–Trinajstić information content (AvgIpc) is 2.94. The minimum atomic E-state index is -4.07. The summed E-state index contributed by atoms with van der Waals surface area (Å²) in [5.74, 6) is -4.49. The molecule has 7 heteroatoms. The van der Waals surface area contributed by atoms with E-state index in [1.807, 2.05) is 0 Å². The fourth-order valence-electron chi connectivity index (χ4n) is 1.75. The zero-order chi connectivity index (χ0) is 15.5. The second kappa shape index (κ2) is 6.53. The highest BCUT2D eigenvalue weighted by molar-refractivity contribution is 7.13. The predicted octanol–water partition coefficient (Wildman–Crippen LogP) is 4.54. The Morgan fingerprint density at radius 2 is 1.95 bits per heavy atom. The molecule has 21 heavy (non-hydrogen) atoms. The Kier molecular flexibility index (Phi) is 4.95. The second-order valence-corrected chi connectivity index (χ2v) is 5.40. The van der Waals surface area contributed by atoms with Gasteiger partial charge in [0, 0.05) is 17.0 Å². The van der Waals surface area contributed by atoms with Gasteiger partial charge in [-0.2, -0.15) is 8.78 Å². The lowest BCUT2D eigenvalue weighted by atomic mass is 10.1. The van der Waals surface area contributed by atoms with Crippen LogP contribution in [-0.4, -0.2) is 18.9 Å². The van der Waals surface area contributed by atoms with Crippen molar-refractivity contribution in [3.63, 3.8) is 0 Å². The molecule has 1 nitrogen and oxygen atoms in total. The molecule has 0 fully saturated rings. The molecule has 0 radical (unpaired) electrons. The molecule has 0 spiro atoms. The van der Waals surface area contributed by atoms with Crippen LogP contribution in [-0.2, 0) is 6.54 Å². The molecule has 0 saturated heterocycles. The van der Waals surface area contributed by atoms with Crippen molar-refractivity contribution >= 4 is 11.3 Å². The van der Waals surface area contributed by atoms with Crippen LogP contribution in [0.2, 0.25) is 0 Å². The molecule has 1 aromatic carbocycles. The lowest BCUT2D eigenvalue weighted by Crippen LogP contribution is -2.38. The quantitative estimate of drug-likeness (QED) is 0.770. The Bertz CT molecular complexity index is 583. The van der Waals surface area contributed by atoms with Crippen LogP contribution in [0, 0.1) is 5.82 Å². The third-order valence-corrected chi connectivity index (χ3v) is 3.73. The van der Waals surface area contributed by atoms with E-state index in [0.717, 1.165) is 0 Å². The normalized spacial score (nSPS) is 12.1. The number of thiophene rings is 1. The summed E-state index contributed by atoms with van der Waals surface area (Å²) in [5.41, 5.74) is 0.912. The van der Waals surface area contributed by atoms with Gasteiger partial charge in [-0.1, -0.05) is 12.1 Å². The molecular weight excluding hydrogens is 309 g/mol. The number of benzene rings is 1. The zero-order valence-electron chi connectivity index (χ0n) is 10.8. The maximum Gasteiger partial charge on any atom is 0.319 e. The van der Waals surface area contributed by atoms with Crippen molar-refractivity contribution < 1.29 is 22.0 Å². The molecule has 114 valence electrons. The smallest absolute Gasteiger partial charge is 0.307 e. The third kappa shape index (κ3) is 4.01. The van der Waals surface area contributed by atoms with Gasteiger partial charge in [-0.05, 0) is 29.1 Å². The number of rotatable bonds is 6. The molecule has 1 heterocycles. The zero-order valence-corrected chi connectivity index (χ0v) is 11.6. The maximum absolute atomic E-state index is 13.7. The van der Waals surface area contributed by atoms with Gasteiger partial charge in [-0.25, -0.2) is 13.2 Å². The molecule has 0 unspecified atom stereocenters. The molecule has 0 aliphatic carbocycles. The standard InChI is InChI=1S/C14H12F5NS/c15-11-4-3-9(6-10(11)12-2-1-5-21-12)7-20-8-14(18,19)13(16)17/h1-6,13,20H,7-8H2. The minimum Gasteiger partial charge on any atom is -0.307 e. The van der Waals surface area contributed by atoms with E-state index in [2.05, 4.69) is 5.32 Å². The monoisotopic (exact) mass is 321 g/mol. The third-order valence-electron chi connectivity index (χ3n) is 2.83. The fourth-order valence-corrected chi connectivity index (χ4v) is 2.50. The average molecular weight is 321 g/mol. The van der Waals surface area contributed by atoms with Crippen molar-refractivity contribution in [2.75, 3.05) is 6.54 Å². The van der Waals surface area contributed by atoms with Gasteiger partial charge in [0.15, 0.2) is 0 Å². The first kappa shape index (κ1) is 15.9. The summed E-state index contributed by atoms with van der Waals surface area (Å²) >= 11 is 1.35. The van der Waals surface area contributed by atoms with Gasteiger partial charge >= 0.3 is 12.3 Å². The van der Waals surface area contributed by atoms with Crippen molar-refractivity contribution in [3.8, 4) is 10.4 Å². The number of alkyl halides is 4. The van der Waals surface area contributed by atoms with Crippen molar-refractivity contribution in [2.24, 2.45) is 0 Å². The van der Waals surface area contributed by atoms with Crippen molar-refractivity contribution in [3.05, 3.63) is 47.1 Å². The fraction of sp³-hybridized carbons (Fsp3) is 0.286. The van der Waals surface area contributed by atoms with E-state index in [4.69, 9.17) is 0 Å². The van der Waals surface area contributed by atoms with Gasteiger partial charge in [0.05, 0.1) is 6.54 Å². The first-order chi connectivity index (χ1) is 9.90. The lowest BCUT2D eigenvalue weighted by molar-refractivity contribution is -0.125. The van der Waals surface area contributed by atoms with E-state index in [1.54, 1.807) is 17.5 Å². The van der Waals surface area contributed by atoms with Gasteiger partial charge in [0.25, 0.3) is 0 Å². The summed E-state index contributed by atoms with van der Waals surface area (Å²) in [6, 6.07) is 7.70. The number of hydrogen-bond acceptors (Lipinski definition) is 2. The van der Waals surface area contributed by atoms with Gasteiger partial charge in [0.1, 0.15) is 5.82 Å². The summed E-state index contributed by atoms with van der Waals surface area (Å²) in [7, 11) is 0. The van der Waals surface area contributed by atoms with Crippen LogP contribution in [0.15, 0.2) is 35.7 Å². The summed E-state index contributed by atoms with van der Waals surface area (Å²) in [6.07, 6.45) is -3.71. The topological polar surface area (TPSA) is 12.0 Å². The van der Waals surface area contributed by atoms with Crippen LogP contribution in [0.25, 0.3) is 10.4 Å². The molecule has 2 rings (SSSR count). The first-order valence-electron chi connectivity index (χ1n) is 6.09. The molecule has 0 amide bonds. The molecule has 0 saturated carbocycles. The highest BCUT2D eigenvalue weighted by Crippen LogP contribution is 2.28. The van der Waals surface area contributed by atoms with Crippen molar-refractivity contribution in [1.29, 1.82) is 0 Å². The van der Waals surface area contributed by atoms with Gasteiger partial charge in [-0.3, -0.25) is 0 Å². The maximum atomic E-state index is 13.7. The van der Waals surface area contributed by atoms with E-state index < -0.39 is 24.7 Å². The summed E-state index contributed by atoms with van der Waals surface area (Å²) in [6.45, 7) is -1.17. The molecule has 0 atom stereocenters. The Morgan fingerprint density at radius 1 is 1.19 bits per heavy atom. The van der Waals surface area contributed by atoms with E-state index in [1.165, 1.54) is 29.5 Å². The number of hydrogen-bond donors (Lipinski definition) is 1. The van der Waals surface area contributed by atoms with Crippen LogP contribution >= 0.6 is 11.3 Å². The van der Waals surface area contributed by atoms with Crippen molar-refractivity contribution in [2.45, 2.75) is 18.9 Å². The largest absolute Gasteiger partial charge is 0.319 e. The second-order valence-electron chi connectivity index (χ2n) is 4.46. The Hall–Kier alpha value is -1.47. The van der Waals surface area contributed by atoms with E-state index >= 15 is 0 Å². The Morgan fingerprint density at radius 3 is 2.57 bits per heavy atom. The van der Waals surface area contributed by atoms with E-state index in [9.17, 15) is 22.0 Å².